The van der Waals surface area contributed by atoms with Crippen molar-refractivity contribution < 1.29 is 13.7 Å². The predicted molar refractivity (Wildman–Crippen MR) is 89.7 cm³/mol. The molecule has 0 bridgehead atoms. The van der Waals surface area contributed by atoms with E-state index in [0.29, 0.717) is 5.89 Å². The third-order valence-corrected chi connectivity index (χ3v) is 3.69. The molecule has 0 saturated carbocycles. The lowest BCUT2D eigenvalue weighted by atomic mass is 9.90. The number of benzene rings is 1. The van der Waals surface area contributed by atoms with Gasteiger partial charge in [-0.2, -0.15) is 0 Å². The summed E-state index contributed by atoms with van der Waals surface area (Å²) in [6.07, 6.45) is 2.21. The van der Waals surface area contributed by atoms with Crippen LogP contribution < -0.4 is 10.5 Å². The second-order valence-corrected chi connectivity index (χ2v) is 8.14. The normalized spacial score (nSPS) is 13.9. The van der Waals surface area contributed by atoms with Crippen LogP contribution in [0.3, 0.4) is 0 Å². The molecule has 1 aromatic heterocycles. The summed E-state index contributed by atoms with van der Waals surface area (Å²) in [6.45, 7) is 7.98. The molecule has 1 atom stereocenters. The first-order valence-electron chi connectivity index (χ1n) is 7.31. The lowest BCUT2D eigenvalue weighted by Crippen LogP contribution is -2.43. The highest BCUT2D eigenvalue weighted by Crippen LogP contribution is 2.27. The van der Waals surface area contributed by atoms with E-state index in [2.05, 4.69) is 10.2 Å². The maximum absolute atomic E-state index is 11.3. The SMILES string of the molecule is C[S+]([O-])c1nnc(-c2ccc(OC(C)(C)CC(C)(C)N)cc2)o1. The van der Waals surface area contributed by atoms with Crippen molar-refractivity contribution in [1.82, 2.24) is 10.2 Å². The summed E-state index contributed by atoms with van der Waals surface area (Å²) in [5, 5.41) is 7.76. The van der Waals surface area contributed by atoms with Gasteiger partial charge in [0.05, 0.1) is 0 Å². The van der Waals surface area contributed by atoms with Crippen LogP contribution in [0.2, 0.25) is 0 Å². The van der Waals surface area contributed by atoms with Crippen molar-refractivity contribution in [3.05, 3.63) is 24.3 Å². The standard InChI is InChI=1S/C16H23N3O3S/c1-15(2,17)10-16(3,4)22-12-8-6-11(7-9-12)13-18-19-14(21-13)23(5)20/h6-9H,10,17H2,1-5H3. The fraction of sp³-hybridized carbons (Fsp3) is 0.500. The molecular formula is C16H23N3O3S. The van der Waals surface area contributed by atoms with Crippen LogP contribution in [-0.4, -0.2) is 32.1 Å². The molecule has 6 nitrogen and oxygen atoms in total. The third-order valence-electron chi connectivity index (χ3n) is 3.03. The summed E-state index contributed by atoms with van der Waals surface area (Å²) < 4.78 is 22.7. The Kier molecular flexibility index (Phi) is 5.03. The van der Waals surface area contributed by atoms with Crippen LogP contribution in [0.25, 0.3) is 11.5 Å². The van der Waals surface area contributed by atoms with E-state index in [1.807, 2.05) is 52.0 Å². The zero-order chi connectivity index (χ0) is 17.3. The summed E-state index contributed by atoms with van der Waals surface area (Å²) in [4.78, 5) is 0. The molecule has 0 radical (unpaired) electrons. The minimum Gasteiger partial charge on any atom is -0.608 e. The first kappa shape index (κ1) is 17.8. The molecule has 1 aromatic carbocycles. The van der Waals surface area contributed by atoms with Crippen molar-refractivity contribution in [3.63, 3.8) is 0 Å². The molecule has 0 amide bonds. The first-order chi connectivity index (χ1) is 10.6. The highest BCUT2D eigenvalue weighted by Gasteiger charge is 2.27. The highest BCUT2D eigenvalue weighted by atomic mass is 32.2. The summed E-state index contributed by atoms with van der Waals surface area (Å²) in [5.74, 6) is 1.07. The quantitative estimate of drug-likeness (QED) is 0.814. The van der Waals surface area contributed by atoms with E-state index in [1.165, 1.54) is 6.26 Å². The van der Waals surface area contributed by atoms with Crippen molar-refractivity contribution in [2.75, 3.05) is 6.26 Å². The van der Waals surface area contributed by atoms with E-state index in [4.69, 9.17) is 14.9 Å². The summed E-state index contributed by atoms with van der Waals surface area (Å²) in [7, 11) is 0. The molecular weight excluding hydrogens is 314 g/mol. The zero-order valence-corrected chi connectivity index (χ0v) is 14.9. The molecule has 0 spiro atoms. The maximum atomic E-state index is 11.3. The van der Waals surface area contributed by atoms with Gasteiger partial charge in [-0.3, -0.25) is 0 Å². The van der Waals surface area contributed by atoms with Crippen molar-refractivity contribution in [2.24, 2.45) is 5.73 Å². The van der Waals surface area contributed by atoms with Gasteiger partial charge in [0.2, 0.25) is 0 Å². The van der Waals surface area contributed by atoms with Crippen molar-refractivity contribution in [2.45, 2.75) is 50.5 Å². The van der Waals surface area contributed by atoms with E-state index in [-0.39, 0.29) is 16.4 Å². The fourth-order valence-electron chi connectivity index (χ4n) is 2.56. The van der Waals surface area contributed by atoms with Gasteiger partial charge < -0.3 is 19.4 Å². The van der Waals surface area contributed by atoms with Gasteiger partial charge >= 0.3 is 5.22 Å². The van der Waals surface area contributed by atoms with Gasteiger partial charge in [-0.1, -0.05) is 5.10 Å². The monoisotopic (exact) mass is 337 g/mol. The van der Waals surface area contributed by atoms with Gasteiger partial charge in [-0.15, -0.1) is 5.10 Å². The number of ether oxygens (including phenoxy) is 1. The zero-order valence-electron chi connectivity index (χ0n) is 14.1. The average molecular weight is 337 g/mol. The Bertz CT molecular complexity index is 645. The second kappa shape index (κ2) is 6.51. The number of nitrogens with two attached hydrogens (primary N) is 1. The van der Waals surface area contributed by atoms with Gasteiger partial charge in [-0.05, 0) is 52.0 Å². The Morgan fingerprint density at radius 1 is 1.17 bits per heavy atom. The molecule has 0 aliphatic heterocycles. The van der Waals surface area contributed by atoms with E-state index < -0.39 is 11.2 Å². The lowest BCUT2D eigenvalue weighted by molar-refractivity contribution is 0.0783. The Morgan fingerprint density at radius 2 is 1.78 bits per heavy atom. The number of hydrogen-bond acceptors (Lipinski definition) is 6. The van der Waals surface area contributed by atoms with E-state index in [0.717, 1.165) is 17.7 Å². The molecule has 2 aromatic rings. The van der Waals surface area contributed by atoms with Crippen LogP contribution in [0.5, 0.6) is 5.75 Å². The Balaban J connectivity index is 2.10. The Labute approximate surface area is 139 Å². The van der Waals surface area contributed by atoms with Crippen LogP contribution in [-0.2, 0) is 11.2 Å². The maximum Gasteiger partial charge on any atom is 0.435 e. The molecule has 2 rings (SSSR count). The molecule has 126 valence electrons. The van der Waals surface area contributed by atoms with Gasteiger partial charge in [0.1, 0.15) is 17.6 Å². The molecule has 23 heavy (non-hydrogen) atoms. The van der Waals surface area contributed by atoms with Crippen LogP contribution in [0.1, 0.15) is 34.1 Å². The molecule has 7 heteroatoms. The largest absolute Gasteiger partial charge is 0.608 e. The fourth-order valence-corrected chi connectivity index (χ4v) is 2.91. The summed E-state index contributed by atoms with van der Waals surface area (Å²) in [5.41, 5.74) is 6.13. The molecule has 1 unspecified atom stereocenters. The van der Waals surface area contributed by atoms with Crippen molar-refractivity contribution >= 4 is 11.2 Å². The van der Waals surface area contributed by atoms with Gasteiger partial charge in [0.15, 0.2) is 0 Å². The number of hydrogen-bond donors (Lipinski definition) is 1. The molecule has 0 aliphatic rings. The lowest BCUT2D eigenvalue weighted by Gasteiger charge is -2.33. The Hall–Kier alpha value is -1.57. The summed E-state index contributed by atoms with van der Waals surface area (Å²) >= 11 is -1.29. The predicted octanol–water partition coefficient (Wildman–Crippen LogP) is 2.76. The molecule has 0 saturated heterocycles. The highest BCUT2D eigenvalue weighted by molar-refractivity contribution is 7.90. The number of aromatic nitrogens is 2. The van der Waals surface area contributed by atoms with Crippen LogP contribution in [0.15, 0.2) is 33.9 Å². The first-order valence-corrected chi connectivity index (χ1v) is 8.87. The molecule has 0 fully saturated rings. The minimum atomic E-state index is -1.29. The Morgan fingerprint density at radius 3 is 2.26 bits per heavy atom. The van der Waals surface area contributed by atoms with Crippen LogP contribution in [0.4, 0.5) is 0 Å². The van der Waals surface area contributed by atoms with Gasteiger partial charge in [0, 0.05) is 28.7 Å². The van der Waals surface area contributed by atoms with Crippen LogP contribution in [0, 0.1) is 0 Å². The second-order valence-electron chi connectivity index (χ2n) is 6.88. The number of nitrogens with zero attached hydrogens (tertiary/aromatic N) is 2. The topological polar surface area (TPSA) is 97.2 Å². The van der Waals surface area contributed by atoms with Gasteiger partial charge in [0.25, 0.3) is 5.89 Å². The van der Waals surface area contributed by atoms with E-state index >= 15 is 0 Å². The molecule has 1 heterocycles. The average Bonchev–Trinajstić information content (AvgIpc) is 2.85. The van der Waals surface area contributed by atoms with Crippen LogP contribution >= 0.6 is 0 Å². The molecule has 0 aliphatic carbocycles. The minimum absolute atomic E-state index is 0.117. The van der Waals surface area contributed by atoms with Crippen molar-refractivity contribution in [1.29, 1.82) is 0 Å². The smallest absolute Gasteiger partial charge is 0.435 e. The van der Waals surface area contributed by atoms with Gasteiger partial charge in [-0.25, -0.2) is 0 Å². The van der Waals surface area contributed by atoms with Crippen molar-refractivity contribution in [3.8, 4) is 17.2 Å². The van der Waals surface area contributed by atoms with E-state index in [9.17, 15) is 4.55 Å². The summed E-state index contributed by atoms with van der Waals surface area (Å²) in [6, 6.07) is 7.34. The molecule has 2 N–H and O–H groups in total. The third kappa shape index (κ3) is 5.23. The van der Waals surface area contributed by atoms with E-state index in [1.54, 1.807) is 0 Å². The number of rotatable bonds is 6.